The van der Waals surface area contributed by atoms with Gasteiger partial charge in [-0.1, -0.05) is 35.9 Å². The molecule has 0 aliphatic rings. The van der Waals surface area contributed by atoms with E-state index in [1.54, 1.807) is 7.11 Å². The van der Waals surface area contributed by atoms with Gasteiger partial charge >= 0.3 is 0 Å². The van der Waals surface area contributed by atoms with Crippen LogP contribution in [0.15, 0.2) is 54.6 Å². The maximum atomic E-state index is 12.3. The van der Waals surface area contributed by atoms with Gasteiger partial charge < -0.3 is 20.1 Å². The summed E-state index contributed by atoms with van der Waals surface area (Å²) >= 11 is 6.09. The van der Waals surface area contributed by atoms with E-state index in [-0.39, 0.29) is 12.5 Å². The molecule has 0 saturated carbocycles. The highest BCUT2D eigenvalue weighted by atomic mass is 35.5. The van der Waals surface area contributed by atoms with E-state index < -0.39 is 0 Å². The first-order chi connectivity index (χ1) is 14.9. The molecule has 1 amide bonds. The van der Waals surface area contributed by atoms with Gasteiger partial charge in [0.1, 0.15) is 0 Å². The third-order valence-electron chi connectivity index (χ3n) is 5.15. The summed E-state index contributed by atoms with van der Waals surface area (Å²) in [5.74, 6) is 0.862. The monoisotopic (exact) mass is 438 g/mol. The summed E-state index contributed by atoms with van der Waals surface area (Å²) in [6.45, 7) is 6.51. The number of carbonyl (C=O) groups excluding carboxylic acids is 1. The topological polar surface area (TPSA) is 59.6 Å². The fourth-order valence-corrected chi connectivity index (χ4v) is 3.31. The summed E-state index contributed by atoms with van der Waals surface area (Å²) in [6.07, 6.45) is 0. The number of ether oxygens (including phenoxy) is 2. The largest absolute Gasteiger partial charge is 0.493 e. The number of methoxy groups -OCH3 is 1. The Morgan fingerprint density at radius 3 is 2.52 bits per heavy atom. The second-order valence-corrected chi connectivity index (χ2v) is 7.82. The van der Waals surface area contributed by atoms with Crippen molar-refractivity contribution in [2.24, 2.45) is 0 Å². The molecule has 162 valence electrons. The van der Waals surface area contributed by atoms with Gasteiger partial charge in [0.05, 0.1) is 7.11 Å². The van der Waals surface area contributed by atoms with Gasteiger partial charge in [-0.05, 0) is 73.4 Å². The minimum atomic E-state index is -0.224. The number of halogens is 1. The van der Waals surface area contributed by atoms with Crippen molar-refractivity contribution in [1.29, 1.82) is 0 Å². The van der Waals surface area contributed by atoms with Crippen molar-refractivity contribution in [2.45, 2.75) is 27.3 Å². The highest BCUT2D eigenvalue weighted by molar-refractivity contribution is 6.30. The number of hydrogen-bond donors (Lipinski definition) is 2. The van der Waals surface area contributed by atoms with Gasteiger partial charge in [0.2, 0.25) is 0 Å². The van der Waals surface area contributed by atoms with Crippen molar-refractivity contribution in [1.82, 2.24) is 0 Å². The fraction of sp³-hybridized carbons (Fsp3) is 0.240. The lowest BCUT2D eigenvalue weighted by Gasteiger charge is -2.14. The first kappa shape index (κ1) is 22.5. The molecule has 0 aliphatic heterocycles. The lowest BCUT2D eigenvalue weighted by atomic mass is 10.1. The maximum Gasteiger partial charge on any atom is 0.262 e. The molecule has 0 aromatic heterocycles. The Labute approximate surface area is 188 Å². The number of rotatable bonds is 8. The molecule has 3 aromatic carbocycles. The van der Waals surface area contributed by atoms with E-state index in [0.717, 1.165) is 33.6 Å². The van der Waals surface area contributed by atoms with Gasteiger partial charge in [0.15, 0.2) is 18.1 Å². The number of carbonyl (C=O) groups is 1. The predicted molar refractivity (Wildman–Crippen MR) is 127 cm³/mol. The number of amides is 1. The molecule has 2 N–H and O–H groups in total. The Bertz CT molecular complexity index is 1080. The Hall–Kier alpha value is -3.18. The van der Waals surface area contributed by atoms with Crippen molar-refractivity contribution in [3.63, 3.8) is 0 Å². The SMILES string of the molecule is COc1cc(CNc2cc(Cl)ccc2C)ccc1OCC(=O)Nc1cccc(C)c1C. The minimum Gasteiger partial charge on any atom is -0.493 e. The van der Waals surface area contributed by atoms with Gasteiger partial charge in [0, 0.05) is 22.9 Å². The van der Waals surface area contributed by atoms with Crippen molar-refractivity contribution in [3.05, 3.63) is 81.9 Å². The van der Waals surface area contributed by atoms with Crippen LogP contribution >= 0.6 is 11.6 Å². The molecule has 31 heavy (non-hydrogen) atoms. The molecule has 0 aliphatic carbocycles. The first-order valence-corrected chi connectivity index (χ1v) is 10.4. The molecule has 0 heterocycles. The Morgan fingerprint density at radius 1 is 0.935 bits per heavy atom. The van der Waals surface area contributed by atoms with E-state index in [1.807, 2.05) is 75.4 Å². The van der Waals surface area contributed by atoms with Crippen LogP contribution in [0, 0.1) is 20.8 Å². The van der Waals surface area contributed by atoms with Crippen LogP contribution in [-0.2, 0) is 11.3 Å². The van der Waals surface area contributed by atoms with Gasteiger partial charge in [-0.3, -0.25) is 4.79 Å². The van der Waals surface area contributed by atoms with Crippen LogP contribution in [-0.4, -0.2) is 19.6 Å². The van der Waals surface area contributed by atoms with Crippen LogP contribution < -0.4 is 20.1 Å². The molecule has 0 bridgehead atoms. The molecule has 3 rings (SSSR count). The average Bonchev–Trinajstić information content (AvgIpc) is 2.76. The Kier molecular flexibility index (Phi) is 7.42. The summed E-state index contributed by atoms with van der Waals surface area (Å²) in [6, 6.07) is 17.2. The summed E-state index contributed by atoms with van der Waals surface area (Å²) in [7, 11) is 1.58. The fourth-order valence-electron chi connectivity index (χ4n) is 3.14. The molecule has 0 atom stereocenters. The zero-order valence-electron chi connectivity index (χ0n) is 18.2. The predicted octanol–water partition coefficient (Wildman–Crippen LogP) is 5.90. The molecule has 0 fully saturated rings. The van der Waals surface area contributed by atoms with E-state index in [9.17, 15) is 4.79 Å². The molecule has 0 saturated heterocycles. The highest BCUT2D eigenvalue weighted by Gasteiger charge is 2.11. The number of anilines is 2. The van der Waals surface area contributed by atoms with Crippen LogP contribution in [0.5, 0.6) is 11.5 Å². The lowest BCUT2D eigenvalue weighted by Crippen LogP contribution is -2.21. The second kappa shape index (κ2) is 10.2. The van der Waals surface area contributed by atoms with Crippen molar-refractivity contribution < 1.29 is 14.3 Å². The molecular formula is C25H27ClN2O3. The third kappa shape index (κ3) is 5.92. The Balaban J connectivity index is 1.61. The van der Waals surface area contributed by atoms with Crippen molar-refractivity contribution in [3.8, 4) is 11.5 Å². The van der Waals surface area contributed by atoms with Gasteiger partial charge in [0.25, 0.3) is 5.91 Å². The summed E-state index contributed by atoms with van der Waals surface area (Å²) in [4.78, 5) is 12.3. The van der Waals surface area contributed by atoms with Crippen LogP contribution in [0.4, 0.5) is 11.4 Å². The normalized spacial score (nSPS) is 10.5. The number of aryl methyl sites for hydroxylation is 2. The van der Waals surface area contributed by atoms with Crippen LogP contribution in [0.1, 0.15) is 22.3 Å². The highest BCUT2D eigenvalue weighted by Crippen LogP contribution is 2.29. The zero-order valence-corrected chi connectivity index (χ0v) is 19.0. The molecule has 5 nitrogen and oxygen atoms in total. The van der Waals surface area contributed by atoms with Gasteiger partial charge in [-0.2, -0.15) is 0 Å². The Morgan fingerprint density at radius 2 is 1.74 bits per heavy atom. The molecule has 0 unspecified atom stereocenters. The molecule has 0 spiro atoms. The lowest BCUT2D eigenvalue weighted by molar-refractivity contribution is -0.118. The molecule has 0 radical (unpaired) electrons. The van der Waals surface area contributed by atoms with E-state index in [1.165, 1.54) is 0 Å². The molecular weight excluding hydrogens is 412 g/mol. The summed E-state index contributed by atoms with van der Waals surface area (Å²) in [5.41, 5.74) is 6.07. The standard InChI is InChI=1S/C25H27ClN2O3/c1-16-6-5-7-21(18(16)3)28-25(29)15-31-23-11-9-19(12-24(23)30-4)14-27-22-13-20(26)10-8-17(22)2/h5-13,27H,14-15H2,1-4H3,(H,28,29). The van der Waals surface area contributed by atoms with Crippen LogP contribution in [0.2, 0.25) is 5.02 Å². The molecule has 3 aromatic rings. The van der Waals surface area contributed by atoms with Gasteiger partial charge in [-0.15, -0.1) is 0 Å². The van der Waals surface area contributed by atoms with E-state index in [2.05, 4.69) is 10.6 Å². The number of benzene rings is 3. The number of hydrogen-bond acceptors (Lipinski definition) is 4. The second-order valence-electron chi connectivity index (χ2n) is 7.38. The summed E-state index contributed by atoms with van der Waals surface area (Å²) < 4.78 is 11.2. The average molecular weight is 439 g/mol. The zero-order chi connectivity index (χ0) is 22.4. The van der Waals surface area contributed by atoms with E-state index >= 15 is 0 Å². The van der Waals surface area contributed by atoms with E-state index in [4.69, 9.17) is 21.1 Å². The first-order valence-electron chi connectivity index (χ1n) is 10.0. The smallest absolute Gasteiger partial charge is 0.262 e. The summed E-state index contributed by atoms with van der Waals surface area (Å²) in [5, 5.41) is 6.96. The minimum absolute atomic E-state index is 0.108. The maximum absolute atomic E-state index is 12.3. The van der Waals surface area contributed by atoms with Crippen LogP contribution in [0.3, 0.4) is 0 Å². The third-order valence-corrected chi connectivity index (χ3v) is 5.38. The van der Waals surface area contributed by atoms with Crippen molar-refractivity contribution in [2.75, 3.05) is 24.4 Å². The van der Waals surface area contributed by atoms with Crippen LogP contribution in [0.25, 0.3) is 0 Å². The van der Waals surface area contributed by atoms with Gasteiger partial charge in [-0.25, -0.2) is 0 Å². The quantitative estimate of drug-likeness (QED) is 0.459. The van der Waals surface area contributed by atoms with E-state index in [0.29, 0.717) is 23.1 Å². The number of nitrogens with one attached hydrogen (secondary N) is 2. The molecule has 6 heteroatoms. The van der Waals surface area contributed by atoms with Crippen molar-refractivity contribution >= 4 is 28.9 Å².